The Hall–Kier alpha value is -6.63. The Labute approximate surface area is 399 Å². The van der Waals surface area contributed by atoms with Crippen LogP contribution in [0.15, 0.2) is 122 Å². The smallest absolute Gasteiger partial charge is 0.395 e. The largest absolute Gasteiger partial charge is 2.00 e. The first-order chi connectivity index (χ1) is 32.0. The zero-order valence-electron chi connectivity index (χ0n) is 33.9. The molecular weight excluding hydrogens is 1050 g/mol. The fourth-order valence-corrected chi connectivity index (χ4v) is 11.0. The van der Waals surface area contributed by atoms with Crippen molar-refractivity contribution in [2.75, 3.05) is 17.1 Å². The van der Waals surface area contributed by atoms with Crippen LogP contribution >= 0.6 is 0 Å². The van der Waals surface area contributed by atoms with Crippen LogP contribution in [0.4, 0.5) is 5.69 Å². The number of hydrogen-bond donors (Lipinski definition) is 5. The fraction of sp³-hybridized carbons (Fsp3) is 0.0500. The predicted octanol–water partition coefficient (Wildman–Crippen LogP) is 3.43. The first-order valence-electron chi connectivity index (χ1n) is 19.1. The van der Waals surface area contributed by atoms with E-state index in [2.05, 4.69) is 44.6 Å². The Balaban J connectivity index is 0.00000593. The molecule has 0 saturated heterocycles. The van der Waals surface area contributed by atoms with Crippen molar-refractivity contribution >= 4 is 100 Å². The van der Waals surface area contributed by atoms with E-state index >= 15 is 0 Å². The van der Waals surface area contributed by atoms with Gasteiger partial charge in [0.05, 0.1) is 48.5 Å². The molecule has 0 atom stereocenters. The quantitative estimate of drug-likeness (QED) is 0.102. The van der Waals surface area contributed by atoms with Gasteiger partial charge in [-0.1, -0.05) is 18.2 Å². The third kappa shape index (κ3) is 8.62. The fourth-order valence-electron chi connectivity index (χ4n) is 7.41. The van der Waals surface area contributed by atoms with E-state index in [1.165, 1.54) is 60.7 Å². The Morgan fingerprint density at radius 3 is 1.30 bits per heavy atom. The van der Waals surface area contributed by atoms with E-state index in [4.69, 9.17) is 5.11 Å². The molecule has 0 fully saturated rings. The molecular formula is C40H25CuN9O14S5. The van der Waals surface area contributed by atoms with Crippen LogP contribution in [0.2, 0.25) is 0 Å². The number of fused-ring (bicyclic) bond motifs is 20. The van der Waals surface area contributed by atoms with Crippen LogP contribution in [-0.2, 0) is 67.3 Å². The molecule has 69 heavy (non-hydrogen) atoms. The standard InChI is InChI=1S/C40H25N9O14S5.Cu/c50-13-14-64(51,52)20-3-1-19(2-4-20)49-65(53,54)21-5-9-25-29(15-21)37-41-33(25)43-38-31-17-23(67(58,59)60)7-11-27(31)35(45-38)47-40-32-18-24(68(61,62)63)8-12-28(32)36(48-40)46-39-30-16-22(66(55,56)57)6-10-26(30)34(42-37)44-39;/h1-12,15-18,49-50H,13-14H2,(H3-2,41,42,43,44,45,46,47,48,55,56,57,58,59,60,61,62,63);/q-2;+2. The molecule has 3 aromatic heterocycles. The number of hydrogen-bond acceptors (Lipinski definition) is 17. The summed E-state index contributed by atoms with van der Waals surface area (Å²) in [4.78, 5) is 34.6. The van der Waals surface area contributed by atoms with Crippen LogP contribution in [0.3, 0.4) is 0 Å². The van der Waals surface area contributed by atoms with Gasteiger partial charge in [-0.05, 0) is 100 Å². The van der Waals surface area contributed by atoms with Gasteiger partial charge in [0.25, 0.3) is 40.4 Å². The van der Waals surface area contributed by atoms with E-state index in [0.29, 0.717) is 0 Å². The molecule has 0 amide bonds. The number of aliphatic hydroxyl groups excluding tert-OH is 1. The van der Waals surface area contributed by atoms with Gasteiger partial charge in [0, 0.05) is 50.5 Å². The van der Waals surface area contributed by atoms with Crippen molar-refractivity contribution in [2.45, 2.75) is 24.5 Å². The summed E-state index contributed by atoms with van der Waals surface area (Å²) in [5.74, 6) is -1.30. The molecule has 10 rings (SSSR count). The van der Waals surface area contributed by atoms with Crippen molar-refractivity contribution in [3.63, 3.8) is 0 Å². The molecule has 5 N–H and O–H groups in total. The maximum absolute atomic E-state index is 13.9. The van der Waals surface area contributed by atoms with Crippen LogP contribution in [0.1, 0.15) is 0 Å². The zero-order valence-corrected chi connectivity index (χ0v) is 39.0. The van der Waals surface area contributed by atoms with E-state index in [-0.39, 0.29) is 122 Å². The third-order valence-corrected chi connectivity index (χ3v) is 16.3. The van der Waals surface area contributed by atoms with Crippen LogP contribution < -0.4 is 14.7 Å². The van der Waals surface area contributed by atoms with Gasteiger partial charge < -0.3 is 30.0 Å². The summed E-state index contributed by atoms with van der Waals surface area (Å²) in [6, 6.07) is 18.8. The summed E-state index contributed by atoms with van der Waals surface area (Å²) >= 11 is 0. The average molecular weight is 1080 g/mol. The van der Waals surface area contributed by atoms with Gasteiger partial charge >= 0.3 is 17.1 Å². The molecule has 5 aromatic carbocycles. The minimum Gasteiger partial charge on any atom is -0.395 e. The van der Waals surface area contributed by atoms with Gasteiger partial charge in [-0.15, -0.1) is 0 Å². The summed E-state index contributed by atoms with van der Waals surface area (Å²) in [5, 5.41) is 9.50. The van der Waals surface area contributed by atoms with E-state index < -0.39 is 77.3 Å². The van der Waals surface area contributed by atoms with Crippen LogP contribution in [-0.4, -0.2) is 103 Å². The summed E-state index contributed by atoms with van der Waals surface area (Å²) in [6.45, 7) is -0.622. The summed E-state index contributed by atoms with van der Waals surface area (Å²) in [7, 11) is -22.7. The number of sulfone groups is 1. The Bertz CT molecular complexity index is 4330. The molecule has 0 saturated carbocycles. The second-order valence-electron chi connectivity index (χ2n) is 14.9. The first-order valence-corrected chi connectivity index (χ1v) is 26.6. The number of rotatable bonds is 9. The number of nitrogens with one attached hydrogen (secondary N) is 1. The molecule has 29 heteroatoms. The molecule has 5 heterocycles. The van der Waals surface area contributed by atoms with Gasteiger partial charge in [-0.2, -0.15) is 25.3 Å². The van der Waals surface area contributed by atoms with Crippen molar-refractivity contribution in [3.05, 3.63) is 97.1 Å². The first kappa shape index (κ1) is 47.4. The molecule has 0 spiro atoms. The van der Waals surface area contributed by atoms with Crippen LogP contribution in [0.5, 0.6) is 0 Å². The van der Waals surface area contributed by atoms with E-state index in [0.717, 1.165) is 36.4 Å². The number of aromatic nitrogens is 8. The van der Waals surface area contributed by atoms with Gasteiger partial charge in [-0.3, -0.25) is 18.4 Å². The minimum absolute atomic E-state index is 0. The molecule has 0 unspecified atom stereocenters. The molecule has 2 aliphatic rings. The molecule has 2 aliphatic heterocycles. The average Bonchev–Trinajstić information content (AvgIpc) is 4.00. The van der Waals surface area contributed by atoms with Gasteiger partial charge in [0.2, 0.25) is 0 Å². The maximum Gasteiger partial charge on any atom is 2.00 e. The van der Waals surface area contributed by atoms with Crippen LogP contribution in [0.25, 0.3) is 89.7 Å². The Morgan fingerprint density at radius 1 is 0.420 bits per heavy atom. The SMILES string of the molecule is O=S(=O)(O)c1ccc2c(c1)-c1nc3nc(nc4[n-]c(nc5[n-]c(nc-2n1)c1cc(S(=O)(=O)O)ccc51)c1cc(S(=O)(=O)Nc2ccc(S(=O)(=O)CCO)cc2)ccc41)-c1cc(S(=O)(=O)O)ccc1-3.[Cu+2]. The minimum atomic E-state index is -4.80. The van der Waals surface area contributed by atoms with E-state index in [1.54, 1.807) is 0 Å². The van der Waals surface area contributed by atoms with Crippen molar-refractivity contribution < 1.29 is 77.9 Å². The third-order valence-electron chi connectivity index (χ3n) is 10.6. The van der Waals surface area contributed by atoms with Crippen molar-refractivity contribution in [1.82, 2.24) is 39.9 Å². The van der Waals surface area contributed by atoms with Gasteiger partial charge in [-0.25, -0.2) is 31.8 Å². The molecule has 23 nitrogen and oxygen atoms in total. The molecule has 355 valence electrons. The predicted molar refractivity (Wildman–Crippen MR) is 240 cm³/mol. The Kier molecular flexibility index (Phi) is 11.4. The normalized spacial score (nSPS) is 12.9. The second-order valence-corrected chi connectivity index (χ2v) is 23.0. The topological polar surface area (TPSA) is 369 Å². The summed E-state index contributed by atoms with van der Waals surface area (Å²) in [5.41, 5.74) is -0.438. The van der Waals surface area contributed by atoms with E-state index in [9.17, 15) is 55.7 Å². The van der Waals surface area contributed by atoms with Gasteiger partial charge in [0.1, 0.15) is 0 Å². The molecule has 0 aliphatic carbocycles. The van der Waals surface area contributed by atoms with Crippen LogP contribution in [0, 0.1) is 0 Å². The molecule has 8 aromatic rings. The van der Waals surface area contributed by atoms with Crippen molar-refractivity contribution in [2.24, 2.45) is 0 Å². The Morgan fingerprint density at radius 2 is 0.797 bits per heavy atom. The molecule has 8 bridgehead atoms. The maximum atomic E-state index is 13.9. The number of sulfonamides is 1. The summed E-state index contributed by atoms with van der Waals surface area (Å²) in [6.07, 6.45) is 0. The van der Waals surface area contributed by atoms with Crippen molar-refractivity contribution in [3.8, 4) is 45.6 Å². The molecule has 1 radical (unpaired) electrons. The van der Waals surface area contributed by atoms with Crippen molar-refractivity contribution in [1.29, 1.82) is 0 Å². The number of nitrogens with zero attached hydrogens (tertiary/aromatic N) is 8. The van der Waals surface area contributed by atoms with E-state index in [1.807, 2.05) is 0 Å². The van der Waals surface area contributed by atoms with Gasteiger partial charge in [0.15, 0.2) is 21.5 Å². The number of anilines is 1. The number of aliphatic hydroxyl groups is 1. The second kappa shape index (κ2) is 16.5. The number of benzene rings is 5. The summed E-state index contributed by atoms with van der Waals surface area (Å²) < 4.78 is 159. The zero-order chi connectivity index (χ0) is 48.3. The monoisotopic (exact) mass is 1080 g/mol.